The molecule has 0 aromatic rings. The molecule has 0 bridgehead atoms. The molecule has 5 unspecified atom stereocenters. The zero-order valence-corrected chi connectivity index (χ0v) is 15.2. The molecule has 0 spiro atoms. The fraction of sp³-hybridized carbons (Fsp3) is 0.773. The Morgan fingerprint density at radius 2 is 1.74 bits per heavy atom. The summed E-state index contributed by atoms with van der Waals surface area (Å²) in [5.41, 5.74) is 5.18. The highest BCUT2D eigenvalue weighted by Gasteiger charge is 2.59. The number of carbonyl (C=O) groups is 1. The van der Waals surface area contributed by atoms with Crippen LogP contribution in [0, 0.1) is 28.6 Å². The van der Waals surface area contributed by atoms with Crippen molar-refractivity contribution >= 4 is 5.78 Å². The van der Waals surface area contributed by atoms with Gasteiger partial charge in [0.05, 0.1) is 0 Å². The van der Waals surface area contributed by atoms with Crippen LogP contribution in [0.3, 0.4) is 0 Å². The van der Waals surface area contributed by atoms with Gasteiger partial charge >= 0.3 is 0 Å². The molecule has 0 radical (unpaired) electrons. The number of carbonyl (C=O) groups excluding carboxylic acids is 1. The van der Waals surface area contributed by atoms with E-state index in [0.717, 1.165) is 31.1 Å². The second kappa shape index (κ2) is 5.07. The summed E-state index contributed by atoms with van der Waals surface area (Å²) >= 11 is 0. The lowest BCUT2D eigenvalue weighted by atomic mass is 9.46. The summed E-state index contributed by atoms with van der Waals surface area (Å²) in [6.07, 6.45) is 10.6. The monoisotopic (exact) mass is 312 g/mol. The summed E-state index contributed by atoms with van der Waals surface area (Å²) < 4.78 is 0. The first-order chi connectivity index (χ1) is 10.9. The average molecular weight is 312 g/mol. The van der Waals surface area contributed by atoms with Gasteiger partial charge in [-0.3, -0.25) is 4.79 Å². The van der Waals surface area contributed by atoms with Crippen LogP contribution in [0.5, 0.6) is 0 Å². The summed E-state index contributed by atoms with van der Waals surface area (Å²) in [6.45, 7) is 11.5. The Kier molecular flexibility index (Phi) is 3.45. The SMILES string of the molecule is C=C1CCC2(C)C(=C1CC)CCC1C3CCC(=O)C3(C)CCC12. The second-order valence-corrected chi connectivity index (χ2v) is 9.17. The maximum absolute atomic E-state index is 12.5. The Labute approximate surface area is 141 Å². The standard InChI is InChI=1S/C22H32O/c1-5-15-14(2)10-12-21(3)17(15)7-6-16-18-8-9-20(23)22(18,4)13-11-19(16)21/h16,18-19H,2,5-13H2,1,3-4H3. The zero-order valence-electron chi connectivity index (χ0n) is 15.2. The van der Waals surface area contributed by atoms with Crippen LogP contribution in [0.25, 0.3) is 0 Å². The fourth-order valence-electron chi connectivity index (χ4n) is 7.14. The van der Waals surface area contributed by atoms with Gasteiger partial charge < -0.3 is 0 Å². The van der Waals surface area contributed by atoms with Crippen molar-refractivity contribution in [3.63, 3.8) is 0 Å². The molecule has 126 valence electrons. The first kappa shape index (κ1) is 15.7. The van der Waals surface area contributed by atoms with Gasteiger partial charge in [0, 0.05) is 11.8 Å². The third-order valence-corrected chi connectivity index (χ3v) is 8.47. The van der Waals surface area contributed by atoms with Crippen molar-refractivity contribution in [3.05, 3.63) is 23.3 Å². The third kappa shape index (κ3) is 1.94. The number of hydrogen-bond donors (Lipinski definition) is 0. The first-order valence-electron chi connectivity index (χ1n) is 9.85. The van der Waals surface area contributed by atoms with E-state index in [-0.39, 0.29) is 5.41 Å². The van der Waals surface area contributed by atoms with Crippen LogP contribution in [0.4, 0.5) is 0 Å². The molecule has 23 heavy (non-hydrogen) atoms. The van der Waals surface area contributed by atoms with Crippen molar-refractivity contribution in [2.24, 2.45) is 28.6 Å². The molecule has 4 rings (SSSR count). The zero-order chi connectivity index (χ0) is 16.4. The van der Waals surface area contributed by atoms with E-state index in [2.05, 4.69) is 27.4 Å². The Morgan fingerprint density at radius 1 is 1.00 bits per heavy atom. The van der Waals surface area contributed by atoms with E-state index >= 15 is 0 Å². The van der Waals surface area contributed by atoms with Gasteiger partial charge in [-0.1, -0.05) is 38.5 Å². The van der Waals surface area contributed by atoms with E-state index in [9.17, 15) is 4.79 Å². The Bertz CT molecular complexity index is 597. The molecule has 5 atom stereocenters. The molecular formula is C22H32O. The molecule has 4 aliphatic carbocycles. The molecule has 3 fully saturated rings. The van der Waals surface area contributed by atoms with Crippen LogP contribution < -0.4 is 0 Å². The number of hydrogen-bond acceptors (Lipinski definition) is 1. The van der Waals surface area contributed by atoms with Crippen LogP contribution in [-0.4, -0.2) is 5.78 Å². The molecule has 0 aromatic heterocycles. The minimum Gasteiger partial charge on any atom is -0.299 e. The number of ketones is 1. The molecule has 0 heterocycles. The molecule has 1 nitrogen and oxygen atoms in total. The fourth-order valence-corrected chi connectivity index (χ4v) is 7.14. The number of Topliss-reactive ketones (excluding diaryl/α,β-unsaturated/α-hetero) is 1. The Balaban J connectivity index is 1.73. The second-order valence-electron chi connectivity index (χ2n) is 9.17. The van der Waals surface area contributed by atoms with Gasteiger partial charge in [-0.2, -0.15) is 0 Å². The maximum atomic E-state index is 12.5. The van der Waals surface area contributed by atoms with Gasteiger partial charge in [0.2, 0.25) is 0 Å². The van der Waals surface area contributed by atoms with Crippen LogP contribution in [0.1, 0.15) is 78.6 Å². The average Bonchev–Trinajstić information content (AvgIpc) is 2.83. The third-order valence-electron chi connectivity index (χ3n) is 8.47. The summed E-state index contributed by atoms with van der Waals surface area (Å²) in [4.78, 5) is 12.5. The van der Waals surface area contributed by atoms with Crippen molar-refractivity contribution in [3.8, 4) is 0 Å². The summed E-state index contributed by atoms with van der Waals surface area (Å²) in [5, 5.41) is 0. The van der Waals surface area contributed by atoms with Crippen LogP contribution in [0.2, 0.25) is 0 Å². The molecule has 0 aromatic carbocycles. The van der Waals surface area contributed by atoms with Gasteiger partial charge in [0.1, 0.15) is 5.78 Å². The van der Waals surface area contributed by atoms with E-state index in [4.69, 9.17) is 0 Å². The topological polar surface area (TPSA) is 17.1 Å². The van der Waals surface area contributed by atoms with Crippen LogP contribution >= 0.6 is 0 Å². The minimum absolute atomic E-state index is 0.0184. The number of fused-ring (bicyclic) bond motifs is 5. The molecule has 0 amide bonds. The normalized spacial score (nSPS) is 46.5. The summed E-state index contributed by atoms with van der Waals surface area (Å²) in [7, 11) is 0. The summed E-state index contributed by atoms with van der Waals surface area (Å²) in [5.74, 6) is 2.84. The lowest BCUT2D eigenvalue weighted by molar-refractivity contribution is -0.132. The Morgan fingerprint density at radius 3 is 2.48 bits per heavy atom. The van der Waals surface area contributed by atoms with Crippen molar-refractivity contribution in [2.75, 3.05) is 0 Å². The highest BCUT2D eigenvalue weighted by molar-refractivity contribution is 5.87. The van der Waals surface area contributed by atoms with E-state index in [0.29, 0.717) is 17.1 Å². The van der Waals surface area contributed by atoms with Crippen molar-refractivity contribution < 1.29 is 4.79 Å². The lowest BCUT2D eigenvalue weighted by Crippen LogP contribution is -2.50. The summed E-state index contributed by atoms with van der Waals surface area (Å²) in [6, 6.07) is 0. The predicted octanol–water partition coefficient (Wildman–Crippen LogP) is 5.85. The molecule has 4 aliphatic rings. The van der Waals surface area contributed by atoms with Gasteiger partial charge in [-0.15, -0.1) is 0 Å². The molecule has 0 aliphatic heterocycles. The van der Waals surface area contributed by atoms with Gasteiger partial charge in [0.15, 0.2) is 0 Å². The Hall–Kier alpha value is -0.850. The van der Waals surface area contributed by atoms with E-state index in [1.807, 2.05) is 0 Å². The number of allylic oxidation sites excluding steroid dienone is 3. The first-order valence-corrected chi connectivity index (χ1v) is 9.85. The van der Waals surface area contributed by atoms with Gasteiger partial charge in [-0.05, 0) is 80.1 Å². The molecular weight excluding hydrogens is 280 g/mol. The molecule has 3 saturated carbocycles. The quantitative estimate of drug-likeness (QED) is 0.593. The van der Waals surface area contributed by atoms with Gasteiger partial charge in [0.25, 0.3) is 0 Å². The highest BCUT2D eigenvalue weighted by atomic mass is 16.1. The predicted molar refractivity (Wildman–Crippen MR) is 95.1 cm³/mol. The molecule has 1 heteroatoms. The van der Waals surface area contributed by atoms with E-state index in [1.165, 1.54) is 44.1 Å². The maximum Gasteiger partial charge on any atom is 0.139 e. The molecule has 0 saturated heterocycles. The number of rotatable bonds is 1. The van der Waals surface area contributed by atoms with E-state index in [1.54, 1.807) is 11.1 Å². The van der Waals surface area contributed by atoms with Crippen molar-refractivity contribution in [1.29, 1.82) is 0 Å². The van der Waals surface area contributed by atoms with Crippen LogP contribution in [0.15, 0.2) is 23.3 Å². The van der Waals surface area contributed by atoms with Crippen molar-refractivity contribution in [2.45, 2.75) is 78.6 Å². The van der Waals surface area contributed by atoms with E-state index < -0.39 is 0 Å². The highest BCUT2D eigenvalue weighted by Crippen LogP contribution is 2.65. The smallest absolute Gasteiger partial charge is 0.139 e. The lowest BCUT2D eigenvalue weighted by Gasteiger charge is -2.58. The minimum atomic E-state index is 0.0184. The largest absolute Gasteiger partial charge is 0.299 e. The van der Waals surface area contributed by atoms with Crippen LogP contribution in [-0.2, 0) is 4.79 Å². The molecule has 0 N–H and O–H groups in total. The van der Waals surface area contributed by atoms with Crippen molar-refractivity contribution in [1.82, 2.24) is 0 Å². The van der Waals surface area contributed by atoms with Gasteiger partial charge in [-0.25, -0.2) is 0 Å².